The van der Waals surface area contributed by atoms with Gasteiger partial charge in [0.2, 0.25) is 0 Å². The maximum atomic E-state index is 11.7. The van der Waals surface area contributed by atoms with Crippen LogP contribution in [0.1, 0.15) is 18.1 Å². The number of ether oxygens (including phenoxy) is 1. The molecular formula is C17H18N2O2. The van der Waals surface area contributed by atoms with Crippen molar-refractivity contribution in [3.05, 3.63) is 65.7 Å². The summed E-state index contributed by atoms with van der Waals surface area (Å²) in [5.74, 6) is 0.380. The van der Waals surface area contributed by atoms with E-state index >= 15 is 0 Å². The first-order valence-corrected chi connectivity index (χ1v) is 6.73. The largest absolute Gasteiger partial charge is 0.484 e. The molecule has 21 heavy (non-hydrogen) atoms. The Hall–Kier alpha value is -2.62. The molecule has 2 rings (SSSR count). The lowest BCUT2D eigenvalue weighted by molar-refractivity contribution is -0.123. The third kappa shape index (κ3) is 4.76. The molecule has 0 radical (unpaired) electrons. The van der Waals surface area contributed by atoms with Crippen LogP contribution < -0.4 is 10.2 Å². The van der Waals surface area contributed by atoms with E-state index in [0.29, 0.717) is 5.75 Å². The number of carbonyl (C=O) groups excluding carboxylic acids is 1. The Labute approximate surface area is 124 Å². The first-order chi connectivity index (χ1) is 10.1. The highest BCUT2D eigenvalue weighted by Crippen LogP contribution is 2.10. The lowest BCUT2D eigenvalue weighted by Gasteiger charge is -2.06. The van der Waals surface area contributed by atoms with Crippen LogP contribution in [0.3, 0.4) is 0 Å². The summed E-state index contributed by atoms with van der Waals surface area (Å²) in [6, 6.07) is 17.2. The lowest BCUT2D eigenvalue weighted by Crippen LogP contribution is -2.25. The molecular weight excluding hydrogens is 264 g/mol. The van der Waals surface area contributed by atoms with Crippen molar-refractivity contribution in [1.82, 2.24) is 5.43 Å². The first kappa shape index (κ1) is 14.8. The number of amides is 1. The number of hydrogen-bond donors (Lipinski definition) is 1. The molecule has 0 saturated heterocycles. The average molecular weight is 282 g/mol. The van der Waals surface area contributed by atoms with E-state index in [9.17, 15) is 4.79 Å². The molecule has 0 spiro atoms. The molecule has 4 heteroatoms. The molecule has 0 aliphatic carbocycles. The summed E-state index contributed by atoms with van der Waals surface area (Å²) in [6.07, 6.45) is 0. The minimum atomic E-state index is -0.286. The molecule has 0 heterocycles. The third-order valence-corrected chi connectivity index (χ3v) is 2.93. The fourth-order valence-electron chi connectivity index (χ4n) is 1.71. The maximum absolute atomic E-state index is 11.7. The summed E-state index contributed by atoms with van der Waals surface area (Å²) < 4.78 is 5.38. The number of hydrogen-bond acceptors (Lipinski definition) is 3. The molecule has 1 N–H and O–H groups in total. The van der Waals surface area contributed by atoms with Gasteiger partial charge in [-0.2, -0.15) is 5.10 Å². The Morgan fingerprint density at radius 2 is 1.76 bits per heavy atom. The highest BCUT2D eigenvalue weighted by Gasteiger charge is 2.02. The summed E-state index contributed by atoms with van der Waals surface area (Å²) in [7, 11) is 0. The van der Waals surface area contributed by atoms with Gasteiger partial charge in [-0.05, 0) is 31.5 Å². The molecule has 2 aromatic carbocycles. The summed E-state index contributed by atoms with van der Waals surface area (Å²) in [4.78, 5) is 11.7. The maximum Gasteiger partial charge on any atom is 0.277 e. The van der Waals surface area contributed by atoms with E-state index in [1.165, 1.54) is 0 Å². The zero-order valence-corrected chi connectivity index (χ0v) is 12.2. The predicted molar refractivity (Wildman–Crippen MR) is 83.5 cm³/mol. The Bertz CT molecular complexity index is 619. The fraction of sp³-hybridized carbons (Fsp3) is 0.176. The molecule has 0 saturated carbocycles. The molecule has 0 atom stereocenters. The van der Waals surface area contributed by atoms with Crippen molar-refractivity contribution in [3.8, 4) is 5.75 Å². The van der Waals surface area contributed by atoms with Crippen molar-refractivity contribution in [2.75, 3.05) is 6.61 Å². The van der Waals surface area contributed by atoms with Gasteiger partial charge in [0.05, 0.1) is 5.71 Å². The fourth-order valence-corrected chi connectivity index (χ4v) is 1.71. The minimum absolute atomic E-state index is 0.0609. The first-order valence-electron chi connectivity index (χ1n) is 6.73. The Balaban J connectivity index is 1.83. The summed E-state index contributed by atoms with van der Waals surface area (Å²) in [5, 5.41) is 4.06. The SMILES string of the molecule is CC(=NNC(=O)COc1ccc(C)cc1)c1ccccc1. The quantitative estimate of drug-likeness (QED) is 0.677. The lowest BCUT2D eigenvalue weighted by atomic mass is 10.1. The van der Waals surface area contributed by atoms with E-state index in [0.717, 1.165) is 16.8 Å². The van der Waals surface area contributed by atoms with Crippen LogP contribution in [0.2, 0.25) is 0 Å². The van der Waals surface area contributed by atoms with Crippen LogP contribution >= 0.6 is 0 Å². The van der Waals surface area contributed by atoms with E-state index in [1.807, 2.05) is 68.4 Å². The highest BCUT2D eigenvalue weighted by atomic mass is 16.5. The molecule has 2 aromatic rings. The number of carbonyl (C=O) groups is 1. The second-order valence-electron chi connectivity index (χ2n) is 4.70. The number of aryl methyl sites for hydroxylation is 1. The van der Waals surface area contributed by atoms with Gasteiger partial charge in [0.1, 0.15) is 5.75 Å². The Kier molecular flexibility index (Phi) is 5.10. The van der Waals surface area contributed by atoms with Gasteiger partial charge >= 0.3 is 0 Å². The molecule has 0 aliphatic heterocycles. The van der Waals surface area contributed by atoms with E-state index in [-0.39, 0.29) is 12.5 Å². The molecule has 0 aromatic heterocycles. The van der Waals surface area contributed by atoms with Crippen LogP contribution in [0, 0.1) is 6.92 Å². The second kappa shape index (κ2) is 7.24. The smallest absolute Gasteiger partial charge is 0.277 e. The van der Waals surface area contributed by atoms with Crippen molar-refractivity contribution in [2.24, 2.45) is 5.10 Å². The molecule has 0 fully saturated rings. The van der Waals surface area contributed by atoms with Gasteiger partial charge in [-0.25, -0.2) is 5.43 Å². The van der Waals surface area contributed by atoms with Crippen LogP contribution in [-0.4, -0.2) is 18.2 Å². The molecule has 4 nitrogen and oxygen atoms in total. The number of hydrazone groups is 1. The van der Waals surface area contributed by atoms with Crippen LogP contribution in [0.25, 0.3) is 0 Å². The van der Waals surface area contributed by atoms with Gasteiger partial charge in [0.15, 0.2) is 6.61 Å². The monoisotopic (exact) mass is 282 g/mol. The van der Waals surface area contributed by atoms with Crippen LogP contribution in [0.5, 0.6) is 5.75 Å². The predicted octanol–water partition coefficient (Wildman–Crippen LogP) is 2.91. The standard InChI is InChI=1S/C17H18N2O2/c1-13-8-10-16(11-9-13)21-12-17(20)19-18-14(2)15-6-4-3-5-7-15/h3-11H,12H2,1-2H3,(H,19,20). The van der Waals surface area contributed by atoms with Crippen LogP contribution in [-0.2, 0) is 4.79 Å². The third-order valence-electron chi connectivity index (χ3n) is 2.93. The topological polar surface area (TPSA) is 50.7 Å². The number of rotatable bonds is 5. The minimum Gasteiger partial charge on any atom is -0.484 e. The molecule has 0 aliphatic rings. The summed E-state index contributed by atoms with van der Waals surface area (Å²) in [5.41, 5.74) is 5.35. The normalized spacial score (nSPS) is 11.0. The summed E-state index contributed by atoms with van der Waals surface area (Å²) >= 11 is 0. The van der Waals surface area contributed by atoms with E-state index in [1.54, 1.807) is 0 Å². The molecule has 1 amide bonds. The van der Waals surface area contributed by atoms with Crippen molar-refractivity contribution in [3.63, 3.8) is 0 Å². The van der Waals surface area contributed by atoms with E-state index < -0.39 is 0 Å². The number of nitrogens with one attached hydrogen (secondary N) is 1. The Morgan fingerprint density at radius 1 is 1.10 bits per heavy atom. The van der Waals surface area contributed by atoms with Crippen LogP contribution in [0.4, 0.5) is 0 Å². The zero-order chi connectivity index (χ0) is 15.1. The van der Waals surface area contributed by atoms with Crippen LogP contribution in [0.15, 0.2) is 59.7 Å². The number of nitrogens with zero attached hydrogens (tertiary/aromatic N) is 1. The molecule has 0 bridgehead atoms. The van der Waals surface area contributed by atoms with Gasteiger partial charge in [-0.1, -0.05) is 48.0 Å². The van der Waals surface area contributed by atoms with Gasteiger partial charge < -0.3 is 4.74 Å². The van der Waals surface area contributed by atoms with Crippen molar-refractivity contribution in [1.29, 1.82) is 0 Å². The van der Waals surface area contributed by atoms with Gasteiger partial charge in [0.25, 0.3) is 5.91 Å². The van der Waals surface area contributed by atoms with Gasteiger partial charge in [-0.15, -0.1) is 0 Å². The Morgan fingerprint density at radius 3 is 2.43 bits per heavy atom. The van der Waals surface area contributed by atoms with Crippen molar-refractivity contribution < 1.29 is 9.53 Å². The number of benzene rings is 2. The van der Waals surface area contributed by atoms with Crippen molar-refractivity contribution in [2.45, 2.75) is 13.8 Å². The van der Waals surface area contributed by atoms with Gasteiger partial charge in [-0.3, -0.25) is 4.79 Å². The second-order valence-corrected chi connectivity index (χ2v) is 4.70. The van der Waals surface area contributed by atoms with Gasteiger partial charge in [0, 0.05) is 0 Å². The van der Waals surface area contributed by atoms with E-state index in [2.05, 4.69) is 10.5 Å². The molecule has 0 unspecified atom stereocenters. The highest BCUT2D eigenvalue weighted by molar-refractivity contribution is 5.99. The average Bonchev–Trinajstić information content (AvgIpc) is 2.53. The van der Waals surface area contributed by atoms with E-state index in [4.69, 9.17) is 4.74 Å². The zero-order valence-electron chi connectivity index (χ0n) is 12.2. The molecule has 108 valence electrons. The summed E-state index contributed by atoms with van der Waals surface area (Å²) in [6.45, 7) is 3.78. The van der Waals surface area contributed by atoms with Crippen molar-refractivity contribution >= 4 is 11.6 Å².